The summed E-state index contributed by atoms with van der Waals surface area (Å²) in [5.74, 6) is -0.847. The Balaban J connectivity index is 1.99. The van der Waals surface area contributed by atoms with Gasteiger partial charge in [-0.2, -0.15) is 0 Å². The van der Waals surface area contributed by atoms with Gasteiger partial charge in [-0.25, -0.2) is 4.79 Å². The first-order valence-electron chi connectivity index (χ1n) is 5.97. The van der Waals surface area contributed by atoms with Crippen LogP contribution in [-0.2, 0) is 9.53 Å². The SMILES string of the molecule is CC1CCC(CNC(=O)NCCCC(=O)O)O1. The van der Waals surface area contributed by atoms with Crippen LogP contribution in [0.2, 0.25) is 0 Å². The van der Waals surface area contributed by atoms with Crippen LogP contribution in [0.3, 0.4) is 0 Å². The van der Waals surface area contributed by atoms with Crippen molar-refractivity contribution in [2.45, 2.75) is 44.8 Å². The van der Waals surface area contributed by atoms with Crippen molar-refractivity contribution >= 4 is 12.0 Å². The molecular weight excluding hydrogens is 224 g/mol. The van der Waals surface area contributed by atoms with Crippen LogP contribution >= 0.6 is 0 Å². The number of carboxylic acids is 1. The van der Waals surface area contributed by atoms with Crippen LogP contribution in [0.5, 0.6) is 0 Å². The minimum Gasteiger partial charge on any atom is -0.481 e. The van der Waals surface area contributed by atoms with Gasteiger partial charge in [-0.05, 0) is 26.2 Å². The van der Waals surface area contributed by atoms with Gasteiger partial charge in [-0.1, -0.05) is 0 Å². The van der Waals surface area contributed by atoms with Gasteiger partial charge in [0.05, 0.1) is 12.2 Å². The number of amides is 2. The third kappa shape index (κ3) is 6.11. The molecule has 0 aromatic rings. The van der Waals surface area contributed by atoms with Crippen molar-refractivity contribution in [1.29, 1.82) is 0 Å². The van der Waals surface area contributed by atoms with E-state index in [0.29, 0.717) is 19.5 Å². The Hall–Kier alpha value is -1.30. The first-order valence-corrected chi connectivity index (χ1v) is 5.97. The van der Waals surface area contributed by atoms with Gasteiger partial charge in [-0.15, -0.1) is 0 Å². The van der Waals surface area contributed by atoms with Crippen molar-refractivity contribution in [3.63, 3.8) is 0 Å². The Morgan fingerprint density at radius 2 is 2.12 bits per heavy atom. The normalized spacial score (nSPS) is 23.4. The molecule has 0 radical (unpaired) electrons. The van der Waals surface area contributed by atoms with E-state index < -0.39 is 5.97 Å². The molecule has 0 aromatic heterocycles. The molecule has 1 aliphatic heterocycles. The Morgan fingerprint density at radius 3 is 2.71 bits per heavy atom. The highest BCUT2D eigenvalue weighted by atomic mass is 16.5. The lowest BCUT2D eigenvalue weighted by atomic mass is 10.2. The van der Waals surface area contributed by atoms with E-state index in [1.54, 1.807) is 0 Å². The van der Waals surface area contributed by atoms with Gasteiger partial charge >= 0.3 is 12.0 Å². The topological polar surface area (TPSA) is 87.7 Å². The number of urea groups is 1. The van der Waals surface area contributed by atoms with Crippen molar-refractivity contribution in [3.8, 4) is 0 Å². The lowest BCUT2D eigenvalue weighted by Gasteiger charge is -2.12. The van der Waals surface area contributed by atoms with E-state index in [-0.39, 0.29) is 24.7 Å². The number of carboxylic acid groups (broad SMARTS) is 1. The van der Waals surface area contributed by atoms with Crippen molar-refractivity contribution in [1.82, 2.24) is 10.6 Å². The van der Waals surface area contributed by atoms with Gasteiger partial charge in [0.15, 0.2) is 0 Å². The number of rotatable bonds is 6. The third-order valence-corrected chi connectivity index (χ3v) is 2.66. The predicted molar refractivity (Wildman–Crippen MR) is 61.8 cm³/mol. The summed E-state index contributed by atoms with van der Waals surface area (Å²) < 4.78 is 5.55. The Morgan fingerprint density at radius 1 is 1.35 bits per heavy atom. The van der Waals surface area contributed by atoms with Crippen molar-refractivity contribution in [2.24, 2.45) is 0 Å². The second kappa shape index (κ2) is 7.11. The van der Waals surface area contributed by atoms with Crippen LogP contribution in [-0.4, -0.2) is 42.4 Å². The van der Waals surface area contributed by atoms with Gasteiger partial charge in [0, 0.05) is 19.5 Å². The average Bonchev–Trinajstić information content (AvgIpc) is 2.67. The summed E-state index contributed by atoms with van der Waals surface area (Å²) in [4.78, 5) is 21.5. The fourth-order valence-corrected chi connectivity index (χ4v) is 1.75. The lowest BCUT2D eigenvalue weighted by Crippen LogP contribution is -2.40. The zero-order valence-corrected chi connectivity index (χ0v) is 10.1. The molecule has 2 atom stereocenters. The fourth-order valence-electron chi connectivity index (χ4n) is 1.75. The van der Waals surface area contributed by atoms with Crippen molar-refractivity contribution in [2.75, 3.05) is 13.1 Å². The van der Waals surface area contributed by atoms with Crippen LogP contribution in [0.25, 0.3) is 0 Å². The maximum Gasteiger partial charge on any atom is 0.314 e. The molecule has 0 bridgehead atoms. The summed E-state index contributed by atoms with van der Waals surface area (Å²) in [6, 6.07) is -0.265. The highest BCUT2D eigenvalue weighted by molar-refractivity contribution is 5.73. The molecule has 1 saturated heterocycles. The maximum absolute atomic E-state index is 11.3. The van der Waals surface area contributed by atoms with E-state index in [1.165, 1.54) is 0 Å². The fraction of sp³-hybridized carbons (Fsp3) is 0.818. The molecule has 98 valence electrons. The molecule has 17 heavy (non-hydrogen) atoms. The first kappa shape index (κ1) is 13.8. The quantitative estimate of drug-likeness (QED) is 0.601. The Bertz CT molecular complexity index is 270. The van der Waals surface area contributed by atoms with Crippen molar-refractivity contribution < 1.29 is 19.4 Å². The molecule has 3 N–H and O–H groups in total. The molecule has 6 nitrogen and oxygen atoms in total. The number of hydrogen-bond acceptors (Lipinski definition) is 3. The number of ether oxygens (including phenoxy) is 1. The summed E-state index contributed by atoms with van der Waals surface area (Å²) in [5, 5.41) is 13.7. The monoisotopic (exact) mass is 244 g/mol. The second-order valence-corrected chi connectivity index (χ2v) is 4.28. The molecule has 0 spiro atoms. The zero-order valence-electron chi connectivity index (χ0n) is 10.1. The standard InChI is InChI=1S/C11H20N2O4/c1-8-4-5-9(17-8)7-13-11(16)12-6-2-3-10(14)15/h8-9H,2-7H2,1H3,(H,14,15)(H2,12,13,16). The van der Waals surface area contributed by atoms with Crippen LogP contribution in [0.1, 0.15) is 32.6 Å². The van der Waals surface area contributed by atoms with E-state index in [0.717, 1.165) is 12.8 Å². The molecule has 1 heterocycles. The first-order chi connectivity index (χ1) is 8.08. The van der Waals surface area contributed by atoms with Crippen LogP contribution < -0.4 is 10.6 Å². The van der Waals surface area contributed by atoms with Crippen LogP contribution in [0.15, 0.2) is 0 Å². The van der Waals surface area contributed by atoms with E-state index in [9.17, 15) is 9.59 Å². The summed E-state index contributed by atoms with van der Waals surface area (Å²) in [5.41, 5.74) is 0. The predicted octanol–water partition coefficient (Wildman–Crippen LogP) is 0.718. The number of carbonyl (C=O) groups excluding carboxylic acids is 1. The molecule has 0 aliphatic carbocycles. The number of carbonyl (C=O) groups is 2. The molecule has 1 aliphatic rings. The smallest absolute Gasteiger partial charge is 0.314 e. The Kier molecular flexibility index (Phi) is 5.76. The number of nitrogens with one attached hydrogen (secondary N) is 2. The van der Waals surface area contributed by atoms with Gasteiger partial charge in [0.2, 0.25) is 0 Å². The molecule has 1 fully saturated rings. The van der Waals surface area contributed by atoms with Gasteiger partial charge < -0.3 is 20.5 Å². The molecule has 2 amide bonds. The third-order valence-electron chi connectivity index (χ3n) is 2.66. The van der Waals surface area contributed by atoms with Crippen LogP contribution in [0, 0.1) is 0 Å². The van der Waals surface area contributed by atoms with E-state index in [4.69, 9.17) is 9.84 Å². The van der Waals surface area contributed by atoms with Crippen LogP contribution in [0.4, 0.5) is 4.79 Å². The van der Waals surface area contributed by atoms with Gasteiger partial charge in [0.1, 0.15) is 0 Å². The highest BCUT2D eigenvalue weighted by Crippen LogP contribution is 2.17. The molecule has 6 heteroatoms. The zero-order chi connectivity index (χ0) is 12.7. The summed E-state index contributed by atoms with van der Waals surface area (Å²) in [7, 11) is 0. The molecule has 1 rings (SSSR count). The summed E-state index contributed by atoms with van der Waals surface area (Å²) in [6.45, 7) is 2.90. The average molecular weight is 244 g/mol. The van der Waals surface area contributed by atoms with Crippen molar-refractivity contribution in [3.05, 3.63) is 0 Å². The second-order valence-electron chi connectivity index (χ2n) is 4.28. The largest absolute Gasteiger partial charge is 0.481 e. The molecular formula is C11H20N2O4. The van der Waals surface area contributed by atoms with E-state index in [2.05, 4.69) is 10.6 Å². The minimum atomic E-state index is -0.847. The van der Waals surface area contributed by atoms with Gasteiger partial charge in [-0.3, -0.25) is 4.79 Å². The molecule has 0 aromatic carbocycles. The minimum absolute atomic E-state index is 0.0729. The maximum atomic E-state index is 11.3. The molecule has 0 saturated carbocycles. The summed E-state index contributed by atoms with van der Waals surface area (Å²) in [6.07, 6.45) is 2.91. The molecule has 2 unspecified atom stereocenters. The number of hydrogen-bond donors (Lipinski definition) is 3. The Labute approximate surface area is 101 Å². The summed E-state index contributed by atoms with van der Waals surface area (Å²) >= 11 is 0. The lowest BCUT2D eigenvalue weighted by molar-refractivity contribution is -0.137. The van der Waals surface area contributed by atoms with E-state index >= 15 is 0 Å². The number of aliphatic carboxylic acids is 1. The highest BCUT2D eigenvalue weighted by Gasteiger charge is 2.21. The van der Waals surface area contributed by atoms with E-state index in [1.807, 2.05) is 6.92 Å². The van der Waals surface area contributed by atoms with Gasteiger partial charge in [0.25, 0.3) is 0 Å².